The molecule has 4 heteroatoms. The van der Waals surface area contributed by atoms with E-state index in [1.165, 1.54) is 6.07 Å². The molecule has 1 aliphatic rings. The van der Waals surface area contributed by atoms with Crippen molar-refractivity contribution in [2.75, 3.05) is 6.54 Å². The normalized spacial score (nSPS) is 17.9. The lowest BCUT2D eigenvalue weighted by atomic mass is 9.64. The third-order valence-corrected chi connectivity index (χ3v) is 3.99. The molecule has 1 fully saturated rings. The van der Waals surface area contributed by atoms with Gasteiger partial charge in [-0.05, 0) is 40.9 Å². The van der Waals surface area contributed by atoms with Crippen LogP contribution >= 0.6 is 15.9 Å². The van der Waals surface area contributed by atoms with Crippen LogP contribution in [0.15, 0.2) is 22.7 Å². The van der Waals surface area contributed by atoms with Gasteiger partial charge >= 0.3 is 0 Å². The number of carbonyl (C=O) groups excluding carboxylic acids is 1. The molecule has 0 aliphatic heterocycles. The average Bonchev–Trinajstić information content (AvgIpc) is 2.21. The van der Waals surface area contributed by atoms with Crippen molar-refractivity contribution in [2.45, 2.75) is 19.3 Å². The molecule has 0 unspecified atom stereocenters. The molecule has 2 rings (SSSR count). The van der Waals surface area contributed by atoms with Gasteiger partial charge in [0.15, 0.2) is 5.78 Å². The number of hydrogen-bond donors (Lipinski definition) is 1. The SMILES string of the molecule is NCC1(C(=O)c2cccc(Br)c2F)CCC1. The van der Waals surface area contributed by atoms with E-state index in [1.54, 1.807) is 12.1 Å². The smallest absolute Gasteiger partial charge is 0.173 e. The number of benzene rings is 1. The van der Waals surface area contributed by atoms with Gasteiger partial charge in [-0.25, -0.2) is 4.39 Å². The van der Waals surface area contributed by atoms with Crippen LogP contribution in [0.4, 0.5) is 4.39 Å². The molecule has 0 bridgehead atoms. The van der Waals surface area contributed by atoms with E-state index in [2.05, 4.69) is 15.9 Å². The van der Waals surface area contributed by atoms with Crippen molar-refractivity contribution < 1.29 is 9.18 Å². The van der Waals surface area contributed by atoms with Gasteiger partial charge in [0.2, 0.25) is 0 Å². The molecule has 0 atom stereocenters. The number of nitrogens with two attached hydrogens (primary N) is 1. The fourth-order valence-electron chi connectivity index (χ4n) is 2.09. The summed E-state index contributed by atoms with van der Waals surface area (Å²) in [6.07, 6.45) is 2.54. The number of hydrogen-bond acceptors (Lipinski definition) is 2. The van der Waals surface area contributed by atoms with Crippen LogP contribution in [-0.4, -0.2) is 12.3 Å². The molecule has 0 radical (unpaired) electrons. The topological polar surface area (TPSA) is 43.1 Å². The fourth-order valence-corrected chi connectivity index (χ4v) is 2.46. The summed E-state index contributed by atoms with van der Waals surface area (Å²) >= 11 is 3.08. The molecular formula is C12H13BrFNO. The Morgan fingerprint density at radius 3 is 2.69 bits per heavy atom. The molecule has 0 aromatic heterocycles. The van der Waals surface area contributed by atoms with Crippen LogP contribution in [0.5, 0.6) is 0 Å². The van der Waals surface area contributed by atoms with Crippen molar-refractivity contribution in [3.63, 3.8) is 0 Å². The Morgan fingerprint density at radius 1 is 1.50 bits per heavy atom. The van der Waals surface area contributed by atoms with Crippen LogP contribution in [-0.2, 0) is 0 Å². The minimum atomic E-state index is -0.512. The average molecular weight is 286 g/mol. The summed E-state index contributed by atoms with van der Waals surface area (Å²) < 4.78 is 14.1. The van der Waals surface area contributed by atoms with Crippen LogP contribution in [0, 0.1) is 11.2 Å². The summed E-state index contributed by atoms with van der Waals surface area (Å²) in [5.74, 6) is -0.632. The predicted octanol–water partition coefficient (Wildman–Crippen LogP) is 2.90. The minimum Gasteiger partial charge on any atom is -0.329 e. The standard InChI is InChI=1S/C12H13BrFNO/c13-9-4-1-3-8(10(9)14)11(16)12(7-15)5-2-6-12/h1,3-4H,2,5-7,15H2. The lowest BCUT2D eigenvalue weighted by molar-refractivity contribution is 0.0631. The maximum Gasteiger partial charge on any atom is 0.173 e. The molecule has 0 heterocycles. The Balaban J connectivity index is 2.37. The predicted molar refractivity (Wildman–Crippen MR) is 63.8 cm³/mol. The van der Waals surface area contributed by atoms with E-state index in [4.69, 9.17) is 5.73 Å². The Hall–Kier alpha value is -0.740. The van der Waals surface area contributed by atoms with Gasteiger partial charge in [-0.3, -0.25) is 4.79 Å². The molecule has 0 amide bonds. The minimum absolute atomic E-state index is 0.152. The molecule has 1 saturated carbocycles. The van der Waals surface area contributed by atoms with Crippen LogP contribution in [0.1, 0.15) is 29.6 Å². The number of rotatable bonds is 3. The molecular weight excluding hydrogens is 273 g/mol. The van der Waals surface area contributed by atoms with Gasteiger partial charge in [-0.2, -0.15) is 0 Å². The van der Waals surface area contributed by atoms with Gasteiger partial charge in [0.25, 0.3) is 0 Å². The second kappa shape index (κ2) is 4.26. The van der Waals surface area contributed by atoms with Crippen LogP contribution in [0.2, 0.25) is 0 Å². The molecule has 0 spiro atoms. The van der Waals surface area contributed by atoms with Gasteiger partial charge in [0, 0.05) is 12.0 Å². The Morgan fingerprint density at radius 2 is 2.19 bits per heavy atom. The molecule has 0 saturated heterocycles. The van der Waals surface area contributed by atoms with E-state index >= 15 is 0 Å². The Labute approximate surface area is 102 Å². The highest BCUT2D eigenvalue weighted by atomic mass is 79.9. The summed E-state index contributed by atoms with van der Waals surface area (Å²) in [7, 11) is 0. The zero-order chi connectivity index (χ0) is 11.8. The van der Waals surface area contributed by atoms with Crippen LogP contribution < -0.4 is 5.73 Å². The first-order valence-corrected chi connectivity index (χ1v) is 6.09. The zero-order valence-electron chi connectivity index (χ0n) is 8.80. The molecule has 1 aromatic carbocycles. The van der Waals surface area contributed by atoms with Crippen LogP contribution in [0.25, 0.3) is 0 Å². The van der Waals surface area contributed by atoms with E-state index in [1.807, 2.05) is 0 Å². The number of Topliss-reactive ketones (excluding diaryl/α,β-unsaturated/α-hetero) is 1. The highest BCUT2D eigenvalue weighted by Crippen LogP contribution is 2.43. The van der Waals surface area contributed by atoms with Crippen molar-refractivity contribution in [1.82, 2.24) is 0 Å². The van der Waals surface area contributed by atoms with Crippen molar-refractivity contribution >= 4 is 21.7 Å². The lowest BCUT2D eigenvalue weighted by Gasteiger charge is -2.39. The van der Waals surface area contributed by atoms with E-state index < -0.39 is 11.2 Å². The lowest BCUT2D eigenvalue weighted by Crippen LogP contribution is -2.44. The quantitative estimate of drug-likeness (QED) is 0.868. The molecule has 1 aromatic rings. The van der Waals surface area contributed by atoms with E-state index in [-0.39, 0.29) is 11.3 Å². The Kier molecular flexibility index (Phi) is 3.13. The second-order valence-corrected chi connectivity index (χ2v) is 5.12. The number of ketones is 1. The summed E-state index contributed by atoms with van der Waals surface area (Å²) in [6.45, 7) is 0.303. The highest BCUT2D eigenvalue weighted by Gasteiger charge is 2.43. The maximum absolute atomic E-state index is 13.8. The second-order valence-electron chi connectivity index (χ2n) is 4.27. The van der Waals surface area contributed by atoms with Gasteiger partial charge < -0.3 is 5.73 Å². The summed E-state index contributed by atoms with van der Waals surface area (Å²) in [6, 6.07) is 4.78. The molecule has 2 nitrogen and oxygen atoms in total. The largest absolute Gasteiger partial charge is 0.329 e. The third-order valence-electron chi connectivity index (χ3n) is 3.38. The fraction of sp³-hybridized carbons (Fsp3) is 0.417. The third kappa shape index (κ3) is 1.70. The van der Waals surface area contributed by atoms with Gasteiger partial charge in [0.05, 0.1) is 10.0 Å². The zero-order valence-corrected chi connectivity index (χ0v) is 10.4. The van der Waals surface area contributed by atoms with E-state index in [0.717, 1.165) is 19.3 Å². The van der Waals surface area contributed by atoms with Crippen molar-refractivity contribution in [3.05, 3.63) is 34.1 Å². The number of carbonyl (C=O) groups is 1. The summed E-state index contributed by atoms with van der Waals surface area (Å²) in [5, 5.41) is 0. The number of halogens is 2. The van der Waals surface area contributed by atoms with Gasteiger partial charge in [-0.15, -0.1) is 0 Å². The maximum atomic E-state index is 13.8. The summed E-state index contributed by atoms with van der Waals surface area (Å²) in [4.78, 5) is 12.2. The van der Waals surface area contributed by atoms with Gasteiger partial charge in [-0.1, -0.05) is 12.5 Å². The first kappa shape index (κ1) is 11.7. The van der Waals surface area contributed by atoms with E-state index in [0.29, 0.717) is 11.0 Å². The van der Waals surface area contributed by atoms with Crippen LogP contribution in [0.3, 0.4) is 0 Å². The van der Waals surface area contributed by atoms with E-state index in [9.17, 15) is 9.18 Å². The summed E-state index contributed by atoms with van der Waals surface area (Å²) in [5.41, 5.74) is 5.28. The first-order chi connectivity index (χ1) is 7.60. The van der Waals surface area contributed by atoms with Gasteiger partial charge in [0.1, 0.15) is 5.82 Å². The van der Waals surface area contributed by atoms with Crippen molar-refractivity contribution in [3.8, 4) is 0 Å². The monoisotopic (exact) mass is 285 g/mol. The molecule has 86 valence electrons. The first-order valence-electron chi connectivity index (χ1n) is 5.30. The van der Waals surface area contributed by atoms with Crippen molar-refractivity contribution in [2.24, 2.45) is 11.1 Å². The van der Waals surface area contributed by atoms with Crippen molar-refractivity contribution in [1.29, 1.82) is 0 Å². The molecule has 16 heavy (non-hydrogen) atoms. The molecule has 2 N–H and O–H groups in total. The Bertz CT molecular complexity index is 424. The highest BCUT2D eigenvalue weighted by molar-refractivity contribution is 9.10. The molecule has 1 aliphatic carbocycles.